The predicted molar refractivity (Wildman–Crippen MR) is 83.8 cm³/mol. The smallest absolute Gasteiger partial charge is 0.165 e. The summed E-state index contributed by atoms with van der Waals surface area (Å²) in [4.78, 5) is 0. The van der Waals surface area contributed by atoms with Gasteiger partial charge >= 0.3 is 0 Å². The van der Waals surface area contributed by atoms with E-state index in [1.807, 2.05) is 25.2 Å². The lowest BCUT2D eigenvalue weighted by Crippen LogP contribution is -2.21. The van der Waals surface area contributed by atoms with Crippen molar-refractivity contribution in [1.82, 2.24) is 5.32 Å². The summed E-state index contributed by atoms with van der Waals surface area (Å²) in [5.41, 5.74) is 1.05. The molecule has 1 aliphatic rings. The molecule has 2 N–H and O–H groups in total. The van der Waals surface area contributed by atoms with Gasteiger partial charge in [-0.2, -0.15) is 0 Å². The van der Waals surface area contributed by atoms with Gasteiger partial charge in [0, 0.05) is 12.1 Å². The molecule has 1 fully saturated rings. The fourth-order valence-electron chi connectivity index (χ4n) is 3.09. The van der Waals surface area contributed by atoms with Crippen LogP contribution in [0.2, 0.25) is 0 Å². The first-order valence-corrected chi connectivity index (χ1v) is 7.86. The van der Waals surface area contributed by atoms with E-state index < -0.39 is 6.10 Å². The minimum absolute atomic E-state index is 0.327. The highest BCUT2D eigenvalue weighted by atomic mass is 16.5. The van der Waals surface area contributed by atoms with Gasteiger partial charge in [-0.05, 0) is 25.5 Å². The molecule has 21 heavy (non-hydrogen) atoms. The Labute approximate surface area is 127 Å². The summed E-state index contributed by atoms with van der Waals surface area (Å²) in [6.07, 6.45) is 5.54. The van der Waals surface area contributed by atoms with Crippen molar-refractivity contribution in [2.75, 3.05) is 20.8 Å². The number of para-hydroxylation sites is 1. The van der Waals surface area contributed by atoms with Crippen molar-refractivity contribution in [2.45, 2.75) is 44.8 Å². The lowest BCUT2D eigenvalue weighted by molar-refractivity contribution is 0.0837. The summed E-state index contributed by atoms with van der Waals surface area (Å²) < 4.78 is 11.2. The number of nitrogens with one attached hydrogen (secondary N) is 1. The molecular formula is C17H27NO3. The van der Waals surface area contributed by atoms with Crippen LogP contribution in [0.4, 0.5) is 0 Å². The van der Waals surface area contributed by atoms with E-state index in [1.54, 1.807) is 7.11 Å². The van der Waals surface area contributed by atoms with Gasteiger partial charge in [0.1, 0.15) is 6.61 Å². The molecule has 2 rings (SSSR count). The van der Waals surface area contributed by atoms with Crippen molar-refractivity contribution in [3.63, 3.8) is 0 Å². The van der Waals surface area contributed by atoms with Crippen LogP contribution in [0, 0.1) is 5.92 Å². The van der Waals surface area contributed by atoms with E-state index in [2.05, 4.69) is 5.32 Å². The Bertz CT molecular complexity index is 430. The summed E-state index contributed by atoms with van der Waals surface area (Å²) in [5, 5.41) is 13.3. The van der Waals surface area contributed by atoms with Crippen molar-refractivity contribution >= 4 is 0 Å². The van der Waals surface area contributed by atoms with E-state index in [1.165, 1.54) is 25.7 Å². The molecule has 118 valence electrons. The van der Waals surface area contributed by atoms with E-state index in [-0.39, 0.29) is 0 Å². The highest BCUT2D eigenvalue weighted by Gasteiger charge is 2.20. The molecule has 0 radical (unpaired) electrons. The van der Waals surface area contributed by atoms with E-state index >= 15 is 0 Å². The second kappa shape index (κ2) is 8.25. The van der Waals surface area contributed by atoms with Crippen LogP contribution in [0.3, 0.4) is 0 Å². The van der Waals surface area contributed by atoms with Gasteiger partial charge in [0.05, 0.1) is 13.2 Å². The highest BCUT2D eigenvalue weighted by Crippen LogP contribution is 2.32. The minimum Gasteiger partial charge on any atom is -0.493 e. The molecule has 0 aromatic heterocycles. The van der Waals surface area contributed by atoms with Crippen molar-refractivity contribution in [2.24, 2.45) is 5.92 Å². The van der Waals surface area contributed by atoms with Gasteiger partial charge in [-0.1, -0.05) is 37.8 Å². The van der Waals surface area contributed by atoms with Gasteiger partial charge in [0.25, 0.3) is 0 Å². The lowest BCUT2D eigenvalue weighted by Gasteiger charge is -2.19. The van der Waals surface area contributed by atoms with Crippen LogP contribution in [0.1, 0.15) is 37.7 Å². The highest BCUT2D eigenvalue weighted by molar-refractivity contribution is 5.46. The third-order valence-electron chi connectivity index (χ3n) is 4.15. The van der Waals surface area contributed by atoms with Crippen LogP contribution in [-0.4, -0.2) is 32.0 Å². The Morgan fingerprint density at radius 2 is 2.10 bits per heavy atom. The van der Waals surface area contributed by atoms with Crippen LogP contribution in [0.25, 0.3) is 0 Å². The number of ether oxygens (including phenoxy) is 2. The molecule has 0 aliphatic heterocycles. The average Bonchev–Trinajstić information content (AvgIpc) is 2.98. The van der Waals surface area contributed by atoms with Gasteiger partial charge in [0.15, 0.2) is 11.5 Å². The number of aliphatic hydroxyl groups is 1. The zero-order chi connectivity index (χ0) is 15.1. The molecule has 1 aliphatic carbocycles. The van der Waals surface area contributed by atoms with Crippen LogP contribution >= 0.6 is 0 Å². The number of aliphatic hydroxyl groups excluding tert-OH is 1. The lowest BCUT2D eigenvalue weighted by atomic mass is 10.0. The average molecular weight is 293 g/mol. The molecule has 1 aromatic carbocycles. The third-order valence-corrected chi connectivity index (χ3v) is 4.15. The van der Waals surface area contributed by atoms with Crippen LogP contribution in [0.15, 0.2) is 18.2 Å². The maximum atomic E-state index is 10.2. The van der Waals surface area contributed by atoms with Crippen LogP contribution in [0.5, 0.6) is 11.5 Å². The number of rotatable bonds is 8. The Morgan fingerprint density at radius 3 is 2.76 bits per heavy atom. The van der Waals surface area contributed by atoms with Crippen molar-refractivity contribution in [1.29, 1.82) is 0 Å². The van der Waals surface area contributed by atoms with Crippen molar-refractivity contribution in [3.05, 3.63) is 23.8 Å². The molecule has 0 bridgehead atoms. The Hall–Kier alpha value is -1.26. The fraction of sp³-hybridized carbons (Fsp3) is 0.647. The van der Waals surface area contributed by atoms with Crippen molar-refractivity contribution < 1.29 is 14.6 Å². The number of hydrogen-bond donors (Lipinski definition) is 2. The zero-order valence-corrected chi connectivity index (χ0v) is 13.1. The summed E-state index contributed by atoms with van der Waals surface area (Å²) in [6.45, 7) is 1.04. The molecule has 0 heterocycles. The molecule has 0 saturated heterocycles. The van der Waals surface area contributed by atoms with E-state index in [9.17, 15) is 5.11 Å². The SMILES string of the molecule is CNCc1cccc(OC)c1OCC(O)CC1CCCC1. The van der Waals surface area contributed by atoms with Gasteiger partial charge < -0.3 is 19.9 Å². The first kappa shape index (κ1) is 16.1. The maximum absolute atomic E-state index is 10.2. The molecule has 4 nitrogen and oxygen atoms in total. The van der Waals surface area contributed by atoms with E-state index in [0.717, 1.165) is 23.5 Å². The summed E-state index contributed by atoms with van der Waals surface area (Å²) >= 11 is 0. The predicted octanol–water partition coefficient (Wildman–Crippen LogP) is 2.73. The molecule has 1 atom stereocenters. The maximum Gasteiger partial charge on any atom is 0.165 e. The van der Waals surface area contributed by atoms with Gasteiger partial charge in [-0.15, -0.1) is 0 Å². The second-order valence-corrected chi connectivity index (χ2v) is 5.83. The topological polar surface area (TPSA) is 50.7 Å². The van der Waals surface area contributed by atoms with Gasteiger partial charge in [-0.25, -0.2) is 0 Å². The van der Waals surface area contributed by atoms with Crippen molar-refractivity contribution in [3.8, 4) is 11.5 Å². The molecule has 0 amide bonds. The first-order chi connectivity index (χ1) is 10.2. The molecule has 1 aromatic rings. The standard InChI is InChI=1S/C17H27NO3/c1-18-11-14-8-5-9-16(20-2)17(14)21-12-15(19)10-13-6-3-4-7-13/h5,8-9,13,15,18-19H,3-4,6-7,10-12H2,1-2H3. The van der Waals surface area contributed by atoms with E-state index in [4.69, 9.17) is 9.47 Å². The third kappa shape index (κ3) is 4.61. The van der Waals surface area contributed by atoms with Gasteiger partial charge in [0.2, 0.25) is 0 Å². The zero-order valence-electron chi connectivity index (χ0n) is 13.1. The van der Waals surface area contributed by atoms with Gasteiger partial charge in [-0.3, -0.25) is 0 Å². The molecule has 4 heteroatoms. The number of benzene rings is 1. The first-order valence-electron chi connectivity index (χ1n) is 7.86. The number of methoxy groups -OCH3 is 1. The minimum atomic E-state index is -0.402. The summed E-state index contributed by atoms with van der Waals surface area (Å²) in [6, 6.07) is 5.85. The monoisotopic (exact) mass is 293 g/mol. The Balaban J connectivity index is 1.94. The second-order valence-electron chi connectivity index (χ2n) is 5.83. The van der Waals surface area contributed by atoms with Crippen LogP contribution < -0.4 is 14.8 Å². The normalized spacial score (nSPS) is 16.9. The largest absolute Gasteiger partial charge is 0.493 e. The summed E-state index contributed by atoms with van der Waals surface area (Å²) in [5.74, 6) is 2.12. The Kier molecular flexibility index (Phi) is 6.33. The summed E-state index contributed by atoms with van der Waals surface area (Å²) in [7, 11) is 3.54. The quantitative estimate of drug-likeness (QED) is 0.774. The molecular weight excluding hydrogens is 266 g/mol. The fourth-order valence-corrected chi connectivity index (χ4v) is 3.09. The Morgan fingerprint density at radius 1 is 1.33 bits per heavy atom. The molecule has 0 spiro atoms. The molecule has 1 unspecified atom stereocenters. The van der Waals surface area contributed by atoms with E-state index in [0.29, 0.717) is 19.1 Å². The van der Waals surface area contributed by atoms with Crippen LogP contribution in [-0.2, 0) is 6.54 Å². The molecule has 1 saturated carbocycles. The number of hydrogen-bond acceptors (Lipinski definition) is 4.